The number of amides is 2. The zero-order chi connectivity index (χ0) is 24.8. The predicted octanol–water partition coefficient (Wildman–Crippen LogP) is 5.57. The molecule has 0 atom stereocenters. The maximum atomic E-state index is 12.5. The second-order valence-electron chi connectivity index (χ2n) is 7.48. The van der Waals surface area contributed by atoms with E-state index in [0.29, 0.717) is 38.0 Å². The van der Waals surface area contributed by atoms with Crippen LogP contribution in [0.5, 0.6) is 11.5 Å². The third-order valence-electron chi connectivity index (χ3n) is 5.01. The molecule has 0 unspecified atom stereocenters. The Morgan fingerprint density at radius 3 is 2.69 bits per heavy atom. The first-order valence-corrected chi connectivity index (χ1v) is 11.8. The minimum atomic E-state index is -0.287. The van der Waals surface area contributed by atoms with Crippen molar-refractivity contribution in [3.63, 3.8) is 0 Å². The third kappa shape index (κ3) is 6.23. The molecule has 35 heavy (non-hydrogen) atoms. The summed E-state index contributed by atoms with van der Waals surface area (Å²) in [5.74, 6) is 0.328. The lowest BCUT2D eigenvalue weighted by molar-refractivity contribution is -0.118. The molecule has 1 aliphatic rings. The number of nitrogens with one attached hydrogen (secondary N) is 2. The summed E-state index contributed by atoms with van der Waals surface area (Å²) < 4.78 is 11.1. The number of para-hydroxylation sites is 1. The van der Waals surface area contributed by atoms with Crippen LogP contribution in [0.4, 0.5) is 11.4 Å². The molecule has 0 aromatic heterocycles. The number of thioether (sulfide) groups is 1. The van der Waals surface area contributed by atoms with Gasteiger partial charge in [-0.1, -0.05) is 41.9 Å². The molecule has 4 rings (SSSR count). The lowest BCUT2D eigenvalue weighted by Crippen LogP contribution is -2.20. The van der Waals surface area contributed by atoms with Crippen LogP contribution in [0, 0.1) is 6.92 Å². The predicted molar refractivity (Wildman–Crippen MR) is 141 cm³/mol. The van der Waals surface area contributed by atoms with Gasteiger partial charge in [0.1, 0.15) is 0 Å². The average Bonchev–Trinajstić information content (AvgIpc) is 3.20. The molecular formula is C26H22ClN3O4S. The number of amidine groups is 1. The van der Waals surface area contributed by atoms with Crippen LogP contribution in [0.1, 0.15) is 11.1 Å². The molecule has 3 aromatic rings. The highest BCUT2D eigenvalue weighted by Gasteiger charge is 2.24. The number of hydrogen-bond donors (Lipinski definition) is 2. The summed E-state index contributed by atoms with van der Waals surface area (Å²) in [7, 11) is 1.51. The van der Waals surface area contributed by atoms with Crippen molar-refractivity contribution < 1.29 is 19.1 Å². The van der Waals surface area contributed by atoms with Crippen molar-refractivity contribution >= 4 is 57.8 Å². The van der Waals surface area contributed by atoms with Crippen molar-refractivity contribution in [1.29, 1.82) is 0 Å². The second kappa shape index (κ2) is 11.1. The quantitative estimate of drug-likeness (QED) is 0.408. The molecule has 3 aromatic carbocycles. The van der Waals surface area contributed by atoms with Crippen molar-refractivity contribution in [2.45, 2.75) is 6.92 Å². The Kier molecular flexibility index (Phi) is 7.74. The van der Waals surface area contributed by atoms with Gasteiger partial charge in [-0.05, 0) is 72.3 Å². The van der Waals surface area contributed by atoms with Crippen LogP contribution >= 0.6 is 23.4 Å². The highest BCUT2D eigenvalue weighted by molar-refractivity contribution is 8.18. The average molecular weight is 508 g/mol. The van der Waals surface area contributed by atoms with E-state index in [2.05, 4.69) is 15.6 Å². The van der Waals surface area contributed by atoms with Crippen LogP contribution in [-0.4, -0.2) is 30.7 Å². The number of carbonyl (C=O) groups excluding carboxylic acids is 2. The van der Waals surface area contributed by atoms with Crippen molar-refractivity contribution in [2.24, 2.45) is 4.99 Å². The number of ether oxygens (including phenoxy) is 2. The van der Waals surface area contributed by atoms with E-state index in [1.807, 2.05) is 37.3 Å². The number of hydrogen-bond acceptors (Lipinski definition) is 6. The summed E-state index contributed by atoms with van der Waals surface area (Å²) in [6.45, 7) is 1.70. The largest absolute Gasteiger partial charge is 0.493 e. The van der Waals surface area contributed by atoms with Gasteiger partial charge in [0.05, 0.1) is 17.7 Å². The number of anilines is 1. The molecule has 0 spiro atoms. The highest BCUT2D eigenvalue weighted by Crippen LogP contribution is 2.33. The van der Waals surface area contributed by atoms with Gasteiger partial charge in [0.15, 0.2) is 23.3 Å². The van der Waals surface area contributed by atoms with Crippen molar-refractivity contribution in [3.8, 4) is 11.5 Å². The molecule has 1 fully saturated rings. The van der Waals surface area contributed by atoms with Crippen LogP contribution in [-0.2, 0) is 9.59 Å². The SMILES string of the molecule is COc1cc(/C=C2/SC(=Nc3cccc(Cl)c3C)NC2=O)ccc1OCC(=O)Nc1ccccc1. The molecule has 0 aliphatic carbocycles. The molecule has 0 radical (unpaired) electrons. The number of methoxy groups -OCH3 is 1. The fourth-order valence-electron chi connectivity index (χ4n) is 3.21. The summed E-state index contributed by atoms with van der Waals surface area (Å²) >= 11 is 7.40. The summed E-state index contributed by atoms with van der Waals surface area (Å²) in [5, 5.41) is 6.63. The first-order valence-electron chi connectivity index (χ1n) is 10.6. The fourth-order valence-corrected chi connectivity index (χ4v) is 4.22. The van der Waals surface area contributed by atoms with Gasteiger partial charge in [-0.25, -0.2) is 4.99 Å². The molecule has 1 saturated heterocycles. The lowest BCUT2D eigenvalue weighted by atomic mass is 10.2. The maximum absolute atomic E-state index is 12.5. The number of halogens is 1. The van der Waals surface area contributed by atoms with Crippen LogP contribution in [0.15, 0.2) is 76.6 Å². The Bertz CT molecular complexity index is 1330. The van der Waals surface area contributed by atoms with Gasteiger partial charge >= 0.3 is 0 Å². The molecular weight excluding hydrogens is 486 g/mol. The van der Waals surface area contributed by atoms with Crippen LogP contribution < -0.4 is 20.1 Å². The van der Waals surface area contributed by atoms with Crippen LogP contribution in [0.25, 0.3) is 6.08 Å². The van der Waals surface area contributed by atoms with Gasteiger partial charge in [-0.2, -0.15) is 0 Å². The Morgan fingerprint density at radius 2 is 1.91 bits per heavy atom. The van der Waals surface area contributed by atoms with E-state index in [1.165, 1.54) is 18.9 Å². The summed E-state index contributed by atoms with van der Waals surface area (Å²) in [6.07, 6.45) is 1.74. The summed E-state index contributed by atoms with van der Waals surface area (Å²) in [4.78, 5) is 29.6. The van der Waals surface area contributed by atoms with Crippen LogP contribution in [0.2, 0.25) is 5.02 Å². The first kappa shape index (κ1) is 24.4. The number of rotatable bonds is 7. The fraction of sp³-hybridized carbons (Fsp3) is 0.115. The molecule has 7 nitrogen and oxygen atoms in total. The van der Waals surface area contributed by atoms with E-state index < -0.39 is 0 Å². The molecule has 0 bridgehead atoms. The van der Waals surface area contributed by atoms with E-state index in [4.69, 9.17) is 21.1 Å². The maximum Gasteiger partial charge on any atom is 0.264 e. The third-order valence-corrected chi connectivity index (χ3v) is 6.33. The topological polar surface area (TPSA) is 89.0 Å². The Morgan fingerprint density at radius 1 is 1.11 bits per heavy atom. The number of carbonyl (C=O) groups is 2. The molecule has 178 valence electrons. The van der Waals surface area contributed by atoms with Gasteiger partial charge in [0, 0.05) is 10.7 Å². The van der Waals surface area contributed by atoms with E-state index >= 15 is 0 Å². The van der Waals surface area contributed by atoms with Gasteiger partial charge in [0.2, 0.25) is 0 Å². The van der Waals surface area contributed by atoms with E-state index in [1.54, 1.807) is 42.5 Å². The van der Waals surface area contributed by atoms with Crippen molar-refractivity contribution in [1.82, 2.24) is 5.32 Å². The standard InChI is InChI=1S/C26H22ClN3O4S/c1-16-19(27)9-6-10-20(16)29-26-30-25(32)23(35-26)14-17-11-12-21(22(13-17)33-2)34-15-24(31)28-18-7-4-3-5-8-18/h3-14H,15H2,1-2H3,(H,28,31)(H,29,30,32)/b23-14+. The molecule has 0 saturated carbocycles. The lowest BCUT2D eigenvalue weighted by Gasteiger charge is -2.11. The Hall–Kier alpha value is -3.75. The van der Waals surface area contributed by atoms with Crippen molar-refractivity contribution in [2.75, 3.05) is 19.0 Å². The monoisotopic (exact) mass is 507 g/mol. The van der Waals surface area contributed by atoms with Crippen LogP contribution in [0.3, 0.4) is 0 Å². The minimum Gasteiger partial charge on any atom is -0.493 e. The molecule has 1 aliphatic heterocycles. The van der Waals surface area contributed by atoms with E-state index in [9.17, 15) is 9.59 Å². The normalized spacial score (nSPS) is 15.2. The van der Waals surface area contributed by atoms with Crippen molar-refractivity contribution in [3.05, 3.63) is 87.8 Å². The summed E-state index contributed by atoms with van der Waals surface area (Å²) in [6, 6.07) is 19.8. The zero-order valence-corrected chi connectivity index (χ0v) is 20.6. The second-order valence-corrected chi connectivity index (χ2v) is 8.92. The summed E-state index contributed by atoms with van der Waals surface area (Å²) in [5.41, 5.74) is 2.96. The highest BCUT2D eigenvalue weighted by atomic mass is 35.5. The molecule has 2 amide bonds. The van der Waals surface area contributed by atoms with E-state index in [0.717, 1.165) is 11.1 Å². The smallest absolute Gasteiger partial charge is 0.264 e. The Balaban J connectivity index is 1.44. The number of benzene rings is 3. The molecule has 2 N–H and O–H groups in total. The minimum absolute atomic E-state index is 0.174. The Labute approximate surface area is 212 Å². The number of aliphatic imine (C=N–C) groups is 1. The van der Waals surface area contributed by atoms with E-state index in [-0.39, 0.29) is 18.4 Å². The van der Waals surface area contributed by atoms with Gasteiger partial charge in [-0.3, -0.25) is 9.59 Å². The van der Waals surface area contributed by atoms with Gasteiger partial charge < -0.3 is 20.1 Å². The van der Waals surface area contributed by atoms with Gasteiger partial charge in [-0.15, -0.1) is 0 Å². The molecule has 9 heteroatoms. The zero-order valence-electron chi connectivity index (χ0n) is 19.0. The first-order chi connectivity index (χ1) is 16.9. The van der Waals surface area contributed by atoms with Gasteiger partial charge in [0.25, 0.3) is 11.8 Å². The number of nitrogens with zero attached hydrogens (tertiary/aromatic N) is 1. The molecule has 1 heterocycles.